The monoisotopic (exact) mass is 268 g/mol. The molecule has 1 aromatic heterocycles. The van der Waals surface area contributed by atoms with Gasteiger partial charge in [-0.25, -0.2) is 0 Å². The Morgan fingerprint density at radius 2 is 2.22 bits per heavy atom. The number of carbonyl (C=O) groups excluding carboxylic acids is 2. The topological polar surface area (TPSA) is 84.0 Å². The van der Waals surface area contributed by atoms with E-state index < -0.39 is 5.54 Å². The summed E-state index contributed by atoms with van der Waals surface area (Å²) in [6.45, 7) is 5.61. The van der Waals surface area contributed by atoms with Crippen LogP contribution in [0.3, 0.4) is 0 Å². The largest absolute Gasteiger partial charge is 0.349 e. The number of amides is 2. The van der Waals surface area contributed by atoms with Crippen molar-refractivity contribution in [1.82, 2.24) is 20.8 Å². The number of hydrogen-bond acceptors (Lipinski definition) is 5. The van der Waals surface area contributed by atoms with Crippen LogP contribution in [0, 0.1) is 6.92 Å². The van der Waals surface area contributed by atoms with Crippen LogP contribution >= 0.6 is 11.3 Å². The van der Waals surface area contributed by atoms with Gasteiger partial charge in [0.2, 0.25) is 10.9 Å². The molecule has 1 atom stereocenters. The Morgan fingerprint density at radius 3 is 2.78 bits per heavy atom. The number of rotatable bonds is 2. The van der Waals surface area contributed by atoms with Crippen LogP contribution < -0.4 is 10.6 Å². The molecule has 1 saturated heterocycles. The predicted molar refractivity (Wildman–Crippen MR) is 67.4 cm³/mol. The molecule has 2 N–H and O–H groups in total. The van der Waals surface area contributed by atoms with Crippen molar-refractivity contribution in [3.63, 3.8) is 0 Å². The fourth-order valence-electron chi connectivity index (χ4n) is 2.01. The zero-order valence-corrected chi connectivity index (χ0v) is 11.4. The molecule has 0 spiro atoms. The van der Waals surface area contributed by atoms with Crippen LogP contribution in [0.2, 0.25) is 0 Å². The van der Waals surface area contributed by atoms with Crippen molar-refractivity contribution in [3.8, 4) is 0 Å². The minimum atomic E-state index is -0.440. The van der Waals surface area contributed by atoms with Gasteiger partial charge in [-0.2, -0.15) is 0 Å². The van der Waals surface area contributed by atoms with Crippen LogP contribution in [0.1, 0.15) is 41.5 Å². The van der Waals surface area contributed by atoms with E-state index in [0.29, 0.717) is 17.8 Å². The van der Waals surface area contributed by atoms with E-state index in [1.165, 1.54) is 11.3 Å². The van der Waals surface area contributed by atoms with Crippen LogP contribution in [0.15, 0.2) is 0 Å². The number of piperidine rings is 1. The maximum atomic E-state index is 12.0. The molecule has 7 heteroatoms. The Labute approximate surface area is 109 Å². The highest BCUT2D eigenvalue weighted by Crippen LogP contribution is 2.20. The average Bonchev–Trinajstić information content (AvgIpc) is 2.68. The summed E-state index contributed by atoms with van der Waals surface area (Å²) in [5.74, 6) is -0.202. The van der Waals surface area contributed by atoms with Gasteiger partial charge in [-0.15, -0.1) is 10.2 Å². The highest BCUT2D eigenvalue weighted by molar-refractivity contribution is 7.13. The van der Waals surface area contributed by atoms with Gasteiger partial charge in [0.1, 0.15) is 5.01 Å². The van der Waals surface area contributed by atoms with E-state index in [4.69, 9.17) is 0 Å². The van der Waals surface area contributed by atoms with Crippen molar-refractivity contribution in [2.75, 3.05) is 0 Å². The van der Waals surface area contributed by atoms with Gasteiger partial charge < -0.3 is 10.6 Å². The molecule has 1 aliphatic rings. The summed E-state index contributed by atoms with van der Waals surface area (Å²) in [4.78, 5) is 23.3. The number of aryl methyl sites for hydroxylation is 1. The van der Waals surface area contributed by atoms with Gasteiger partial charge >= 0.3 is 0 Å². The SMILES string of the molecule is Cc1nnc(C(=O)NC2CCC(=O)NC2(C)C)s1. The average molecular weight is 268 g/mol. The Bertz CT molecular complexity index is 483. The summed E-state index contributed by atoms with van der Waals surface area (Å²) < 4.78 is 0. The summed E-state index contributed by atoms with van der Waals surface area (Å²) in [5, 5.41) is 14.5. The fourth-order valence-corrected chi connectivity index (χ4v) is 2.60. The van der Waals surface area contributed by atoms with E-state index >= 15 is 0 Å². The van der Waals surface area contributed by atoms with Crippen LogP contribution in [0.5, 0.6) is 0 Å². The molecule has 1 fully saturated rings. The van der Waals surface area contributed by atoms with Gasteiger partial charge in [0.15, 0.2) is 0 Å². The van der Waals surface area contributed by atoms with Gasteiger partial charge in [-0.1, -0.05) is 11.3 Å². The first kappa shape index (κ1) is 12.9. The van der Waals surface area contributed by atoms with Crippen LogP contribution in [0.25, 0.3) is 0 Å². The highest BCUT2D eigenvalue weighted by Gasteiger charge is 2.36. The van der Waals surface area contributed by atoms with E-state index in [-0.39, 0.29) is 17.9 Å². The second-order valence-electron chi connectivity index (χ2n) is 4.96. The third-order valence-corrected chi connectivity index (χ3v) is 3.86. The molecule has 0 radical (unpaired) electrons. The maximum Gasteiger partial charge on any atom is 0.282 e. The number of aromatic nitrogens is 2. The second-order valence-corrected chi connectivity index (χ2v) is 6.14. The standard InChI is InChI=1S/C11H16N4O2S/c1-6-14-15-10(18-6)9(17)12-7-4-5-8(16)13-11(7,2)3/h7H,4-5H2,1-3H3,(H,12,17)(H,13,16). The van der Waals surface area contributed by atoms with Crippen LogP contribution in [-0.2, 0) is 4.79 Å². The van der Waals surface area contributed by atoms with Gasteiger partial charge in [0.25, 0.3) is 5.91 Å². The molecule has 0 bridgehead atoms. The molecular weight excluding hydrogens is 252 g/mol. The second kappa shape index (κ2) is 4.64. The Hall–Kier alpha value is -1.50. The molecule has 98 valence electrons. The summed E-state index contributed by atoms with van der Waals surface area (Å²) >= 11 is 1.26. The van der Waals surface area contributed by atoms with Gasteiger partial charge in [0.05, 0.1) is 11.6 Å². The molecule has 1 unspecified atom stereocenters. The van der Waals surface area contributed by atoms with Crippen molar-refractivity contribution < 1.29 is 9.59 Å². The zero-order valence-electron chi connectivity index (χ0n) is 10.6. The van der Waals surface area contributed by atoms with Crippen molar-refractivity contribution in [1.29, 1.82) is 0 Å². The zero-order chi connectivity index (χ0) is 13.3. The predicted octanol–water partition coefficient (Wildman–Crippen LogP) is 0.634. The van der Waals surface area contributed by atoms with Crippen molar-refractivity contribution >= 4 is 23.2 Å². The fraction of sp³-hybridized carbons (Fsp3) is 0.636. The molecule has 6 nitrogen and oxygen atoms in total. The minimum Gasteiger partial charge on any atom is -0.349 e. The Morgan fingerprint density at radius 1 is 1.50 bits per heavy atom. The van der Waals surface area contributed by atoms with Crippen LogP contribution in [-0.4, -0.2) is 33.6 Å². The first-order valence-corrected chi connectivity index (χ1v) is 6.62. The number of carbonyl (C=O) groups is 2. The molecule has 1 aromatic rings. The molecule has 18 heavy (non-hydrogen) atoms. The van der Waals surface area contributed by atoms with E-state index in [0.717, 1.165) is 5.01 Å². The number of nitrogens with one attached hydrogen (secondary N) is 2. The van der Waals surface area contributed by atoms with Crippen molar-refractivity contribution in [2.24, 2.45) is 0 Å². The van der Waals surface area contributed by atoms with Gasteiger partial charge in [0, 0.05) is 6.42 Å². The van der Waals surface area contributed by atoms with E-state index in [2.05, 4.69) is 20.8 Å². The summed E-state index contributed by atoms with van der Waals surface area (Å²) in [5.41, 5.74) is -0.440. The minimum absolute atomic E-state index is 0.0252. The van der Waals surface area contributed by atoms with Crippen LogP contribution in [0.4, 0.5) is 0 Å². The lowest BCUT2D eigenvalue weighted by Crippen LogP contribution is -2.62. The van der Waals surface area contributed by atoms with Gasteiger partial charge in [-0.05, 0) is 27.2 Å². The van der Waals surface area contributed by atoms with E-state index in [1.54, 1.807) is 6.92 Å². The maximum absolute atomic E-state index is 12.0. The quantitative estimate of drug-likeness (QED) is 0.824. The highest BCUT2D eigenvalue weighted by atomic mass is 32.1. The molecule has 2 amide bonds. The first-order chi connectivity index (χ1) is 8.38. The lowest BCUT2D eigenvalue weighted by molar-refractivity contribution is -0.125. The van der Waals surface area contributed by atoms with E-state index in [1.807, 2.05) is 13.8 Å². The molecule has 0 aromatic carbocycles. The van der Waals surface area contributed by atoms with Crippen molar-refractivity contribution in [2.45, 2.75) is 45.2 Å². The number of nitrogens with zero attached hydrogens (tertiary/aromatic N) is 2. The number of hydrogen-bond donors (Lipinski definition) is 2. The third-order valence-electron chi connectivity index (χ3n) is 3.02. The molecular formula is C11H16N4O2S. The lowest BCUT2D eigenvalue weighted by atomic mass is 9.87. The summed E-state index contributed by atoms with van der Waals surface area (Å²) in [7, 11) is 0. The molecule has 2 rings (SSSR count). The Kier molecular flexibility index (Phi) is 3.34. The van der Waals surface area contributed by atoms with Gasteiger partial charge in [-0.3, -0.25) is 9.59 Å². The molecule has 1 aliphatic heterocycles. The first-order valence-electron chi connectivity index (χ1n) is 5.80. The summed E-state index contributed by atoms with van der Waals surface area (Å²) in [6, 6.07) is -0.0908. The molecule has 2 heterocycles. The third kappa shape index (κ3) is 2.66. The lowest BCUT2D eigenvalue weighted by Gasteiger charge is -2.39. The summed E-state index contributed by atoms with van der Waals surface area (Å²) in [6.07, 6.45) is 1.08. The smallest absolute Gasteiger partial charge is 0.282 e. The molecule has 0 saturated carbocycles. The Balaban J connectivity index is 2.05. The normalized spacial score (nSPS) is 22.4. The molecule has 0 aliphatic carbocycles. The van der Waals surface area contributed by atoms with Crippen molar-refractivity contribution in [3.05, 3.63) is 10.0 Å². The van der Waals surface area contributed by atoms with E-state index in [9.17, 15) is 9.59 Å².